The van der Waals surface area contributed by atoms with Crippen LogP contribution in [0.5, 0.6) is 0 Å². The van der Waals surface area contributed by atoms with Gasteiger partial charge in [0.15, 0.2) is 11.0 Å². The maximum Gasteiger partial charge on any atom is 0.337 e. The molecular weight excluding hydrogens is 440 g/mol. The van der Waals surface area contributed by atoms with E-state index in [9.17, 15) is 9.59 Å². The summed E-state index contributed by atoms with van der Waals surface area (Å²) in [6, 6.07) is 9.57. The van der Waals surface area contributed by atoms with Crippen LogP contribution in [-0.2, 0) is 9.53 Å². The van der Waals surface area contributed by atoms with Crippen molar-refractivity contribution in [2.45, 2.75) is 25.9 Å². The highest BCUT2D eigenvalue weighted by molar-refractivity contribution is 7.99. The van der Waals surface area contributed by atoms with Crippen molar-refractivity contribution in [1.29, 1.82) is 0 Å². The molecule has 3 aromatic rings. The number of aromatic nitrogens is 4. The van der Waals surface area contributed by atoms with Crippen LogP contribution in [-0.4, -0.2) is 50.7 Å². The maximum absolute atomic E-state index is 12.4. The summed E-state index contributed by atoms with van der Waals surface area (Å²) in [7, 11) is 0. The van der Waals surface area contributed by atoms with E-state index in [0.29, 0.717) is 28.0 Å². The van der Waals surface area contributed by atoms with Crippen LogP contribution < -0.4 is 10.6 Å². The van der Waals surface area contributed by atoms with Crippen LogP contribution in [0.2, 0.25) is 0 Å². The minimum absolute atomic E-state index is 0.118. The molecule has 0 radical (unpaired) electrons. The van der Waals surface area contributed by atoms with E-state index in [-0.39, 0.29) is 19.2 Å². The van der Waals surface area contributed by atoms with Crippen LogP contribution in [0.3, 0.4) is 0 Å². The Labute approximate surface area is 195 Å². The smallest absolute Gasteiger partial charge is 0.337 e. The van der Waals surface area contributed by atoms with Crippen molar-refractivity contribution < 1.29 is 14.3 Å². The molecule has 10 heteroatoms. The first-order chi connectivity index (χ1) is 16.0. The molecule has 0 spiro atoms. The monoisotopic (exact) mass is 464 g/mol. The summed E-state index contributed by atoms with van der Waals surface area (Å²) < 4.78 is 7.11. The first kappa shape index (κ1) is 22.5. The van der Waals surface area contributed by atoms with Gasteiger partial charge in [-0.3, -0.25) is 9.55 Å². The number of carbonyl (C=O) groups is 2. The quantitative estimate of drug-likeness (QED) is 0.408. The first-order valence-corrected chi connectivity index (χ1v) is 11.5. The third-order valence-electron chi connectivity index (χ3n) is 5.24. The average Bonchev–Trinajstić information content (AvgIpc) is 3.24. The van der Waals surface area contributed by atoms with Gasteiger partial charge in [0, 0.05) is 29.4 Å². The van der Waals surface area contributed by atoms with Gasteiger partial charge in [0.25, 0.3) is 0 Å². The van der Waals surface area contributed by atoms with Gasteiger partial charge in [-0.15, -0.1) is 10.2 Å². The Morgan fingerprint density at radius 3 is 2.67 bits per heavy atom. The Morgan fingerprint density at radius 2 is 1.94 bits per heavy atom. The number of rotatable bonds is 7. The molecule has 9 nitrogen and oxygen atoms in total. The highest BCUT2D eigenvalue weighted by Crippen LogP contribution is 2.30. The molecule has 4 rings (SSSR count). The first-order valence-electron chi connectivity index (χ1n) is 10.5. The number of nitrogens with zero attached hydrogens (tertiary/aromatic N) is 4. The molecule has 33 heavy (non-hydrogen) atoms. The van der Waals surface area contributed by atoms with Crippen molar-refractivity contribution in [2.24, 2.45) is 0 Å². The summed E-state index contributed by atoms with van der Waals surface area (Å²) in [6.45, 7) is 6.24. The Kier molecular flexibility index (Phi) is 6.74. The highest BCUT2D eigenvalue weighted by atomic mass is 32.2. The highest BCUT2D eigenvalue weighted by Gasteiger charge is 2.25. The molecule has 1 aliphatic heterocycles. The fourth-order valence-electron chi connectivity index (χ4n) is 3.35. The van der Waals surface area contributed by atoms with Gasteiger partial charge in [-0.05, 0) is 56.2 Å². The fraction of sp³-hybridized carbons (Fsp3) is 0.261. The lowest BCUT2D eigenvalue weighted by Gasteiger charge is -2.21. The van der Waals surface area contributed by atoms with E-state index in [1.165, 1.54) is 17.3 Å². The van der Waals surface area contributed by atoms with Gasteiger partial charge in [0.1, 0.15) is 0 Å². The molecule has 1 aromatic carbocycles. The van der Waals surface area contributed by atoms with Crippen molar-refractivity contribution in [3.8, 4) is 17.1 Å². The van der Waals surface area contributed by atoms with E-state index in [1.807, 2.05) is 22.8 Å². The van der Waals surface area contributed by atoms with Crippen molar-refractivity contribution in [3.05, 3.63) is 65.1 Å². The summed E-state index contributed by atoms with van der Waals surface area (Å²) in [5.41, 5.74) is 5.04. The Balaban J connectivity index is 1.72. The van der Waals surface area contributed by atoms with Crippen LogP contribution >= 0.6 is 11.8 Å². The van der Waals surface area contributed by atoms with Crippen LogP contribution in [0.15, 0.2) is 59.2 Å². The van der Waals surface area contributed by atoms with Crippen molar-refractivity contribution in [2.75, 3.05) is 18.9 Å². The summed E-state index contributed by atoms with van der Waals surface area (Å²) >= 11 is 1.38. The summed E-state index contributed by atoms with van der Waals surface area (Å²) in [4.78, 5) is 28.3. The van der Waals surface area contributed by atoms with E-state index in [1.54, 1.807) is 19.3 Å². The van der Waals surface area contributed by atoms with Crippen LogP contribution in [0.25, 0.3) is 17.1 Å². The molecule has 0 saturated carbocycles. The molecule has 2 amide bonds. The van der Waals surface area contributed by atoms with Crippen LogP contribution in [0.1, 0.15) is 18.1 Å². The maximum atomic E-state index is 12.4. The molecule has 0 unspecified atom stereocenters. The Bertz CT molecular complexity index is 1220. The molecule has 0 fully saturated rings. The number of urea groups is 1. The zero-order chi connectivity index (χ0) is 23.4. The van der Waals surface area contributed by atoms with Gasteiger partial charge in [-0.2, -0.15) is 0 Å². The number of thioether (sulfide) groups is 1. The number of benzene rings is 1. The second-order valence-electron chi connectivity index (χ2n) is 7.42. The minimum atomic E-state index is -0.450. The lowest BCUT2D eigenvalue weighted by Crippen LogP contribution is -2.44. The van der Waals surface area contributed by atoms with Crippen LogP contribution in [0.4, 0.5) is 4.79 Å². The predicted octanol–water partition coefficient (Wildman–Crippen LogP) is 3.17. The van der Waals surface area contributed by atoms with E-state index in [4.69, 9.17) is 4.74 Å². The van der Waals surface area contributed by atoms with E-state index in [0.717, 1.165) is 16.8 Å². The molecule has 3 heterocycles. The van der Waals surface area contributed by atoms with Crippen LogP contribution in [0, 0.1) is 13.8 Å². The third-order valence-corrected chi connectivity index (χ3v) is 6.20. The standard InChI is InChI=1S/C23H24N6O3S/c1-4-32-21(30)18-12-25-22(31)26-19(18)13-33-23-28-27-20(16-7-9-24-10-8-16)29(23)17-6-5-14(2)15(3)11-17/h5-11H,4,12-13H2,1-3H3,(H2,25,26,31). The number of ether oxygens (including phenoxy) is 1. The second kappa shape index (κ2) is 9.86. The van der Waals surface area contributed by atoms with Crippen molar-refractivity contribution in [3.63, 3.8) is 0 Å². The third kappa shape index (κ3) is 4.90. The number of nitrogens with one attached hydrogen (secondary N) is 2. The van der Waals surface area contributed by atoms with E-state index < -0.39 is 5.97 Å². The molecule has 170 valence electrons. The zero-order valence-corrected chi connectivity index (χ0v) is 19.4. The number of esters is 1. The number of pyridine rings is 1. The van der Waals surface area contributed by atoms with Gasteiger partial charge in [-0.25, -0.2) is 9.59 Å². The van der Waals surface area contributed by atoms with Gasteiger partial charge in [0.05, 0.1) is 24.4 Å². The number of hydrogen-bond donors (Lipinski definition) is 2. The number of carbonyl (C=O) groups excluding carboxylic acids is 2. The molecule has 0 saturated heterocycles. The molecule has 2 aromatic heterocycles. The number of aryl methyl sites for hydroxylation is 2. The van der Waals surface area contributed by atoms with E-state index >= 15 is 0 Å². The lowest BCUT2D eigenvalue weighted by molar-refractivity contribution is -0.138. The van der Waals surface area contributed by atoms with Gasteiger partial charge >= 0.3 is 12.0 Å². The predicted molar refractivity (Wildman–Crippen MR) is 125 cm³/mol. The Hall–Kier alpha value is -3.66. The molecule has 2 N–H and O–H groups in total. The van der Waals surface area contributed by atoms with Crippen molar-refractivity contribution in [1.82, 2.24) is 30.4 Å². The minimum Gasteiger partial charge on any atom is -0.463 e. The molecular formula is C23H24N6O3S. The largest absolute Gasteiger partial charge is 0.463 e. The molecule has 0 aliphatic carbocycles. The summed E-state index contributed by atoms with van der Waals surface area (Å²) in [6.07, 6.45) is 3.42. The van der Waals surface area contributed by atoms with Gasteiger partial charge in [-0.1, -0.05) is 17.8 Å². The molecule has 0 bridgehead atoms. The number of hydrogen-bond acceptors (Lipinski definition) is 7. The summed E-state index contributed by atoms with van der Waals surface area (Å²) in [5, 5.41) is 14.8. The molecule has 1 aliphatic rings. The topological polar surface area (TPSA) is 111 Å². The lowest BCUT2D eigenvalue weighted by atomic mass is 10.1. The SMILES string of the molecule is CCOC(=O)C1=C(CSc2nnc(-c3ccncc3)n2-c2ccc(C)c(C)c2)NC(=O)NC1. The van der Waals surface area contributed by atoms with Gasteiger partial charge in [0.2, 0.25) is 0 Å². The van der Waals surface area contributed by atoms with E-state index in [2.05, 4.69) is 51.8 Å². The van der Waals surface area contributed by atoms with Gasteiger partial charge < -0.3 is 15.4 Å². The second-order valence-corrected chi connectivity index (χ2v) is 8.36. The normalized spacial score (nSPS) is 13.5. The molecule has 0 atom stereocenters. The van der Waals surface area contributed by atoms with Crippen molar-refractivity contribution >= 4 is 23.8 Å². The fourth-order valence-corrected chi connectivity index (χ4v) is 4.29. The zero-order valence-electron chi connectivity index (χ0n) is 18.6. The Morgan fingerprint density at radius 1 is 1.15 bits per heavy atom. The number of amides is 2. The average molecular weight is 465 g/mol. The summed E-state index contributed by atoms with van der Waals surface area (Å²) in [5.74, 6) is 0.548.